The maximum Gasteiger partial charge on any atom is 0.262 e. The van der Waals surface area contributed by atoms with Crippen molar-refractivity contribution < 1.29 is 23.9 Å². The second kappa shape index (κ2) is 10.6. The zero-order valence-corrected chi connectivity index (χ0v) is 17.0. The van der Waals surface area contributed by atoms with E-state index in [1.54, 1.807) is 60.7 Å². The van der Waals surface area contributed by atoms with E-state index in [9.17, 15) is 14.4 Å². The quantitative estimate of drug-likeness (QED) is 0.514. The fourth-order valence-corrected chi connectivity index (χ4v) is 2.66. The minimum atomic E-state index is -0.352. The van der Waals surface area contributed by atoms with Crippen LogP contribution >= 0.6 is 0 Å². The molecule has 7 nitrogen and oxygen atoms in total. The molecule has 2 N–H and O–H groups in total. The zero-order chi connectivity index (χ0) is 22.1. The molecular formula is C24H22N2O5. The van der Waals surface area contributed by atoms with Crippen molar-refractivity contribution in [2.75, 3.05) is 23.8 Å². The maximum atomic E-state index is 12.1. The first-order valence-electron chi connectivity index (χ1n) is 9.61. The van der Waals surface area contributed by atoms with Gasteiger partial charge in [0.2, 0.25) is 0 Å². The Morgan fingerprint density at radius 2 is 1.26 bits per heavy atom. The van der Waals surface area contributed by atoms with Gasteiger partial charge in [-0.05, 0) is 55.5 Å². The zero-order valence-electron chi connectivity index (χ0n) is 17.0. The lowest BCUT2D eigenvalue weighted by Crippen LogP contribution is -2.21. The van der Waals surface area contributed by atoms with Gasteiger partial charge in [0, 0.05) is 23.0 Å². The second-order valence-corrected chi connectivity index (χ2v) is 6.65. The molecule has 0 aliphatic carbocycles. The second-order valence-electron chi connectivity index (χ2n) is 6.65. The third-order valence-electron chi connectivity index (χ3n) is 4.18. The highest BCUT2D eigenvalue weighted by Gasteiger charge is 2.07. The summed E-state index contributed by atoms with van der Waals surface area (Å²) in [6.45, 7) is 1.13. The van der Waals surface area contributed by atoms with Crippen LogP contribution in [0.4, 0.5) is 11.4 Å². The number of carbonyl (C=O) groups excluding carboxylic acids is 3. The Labute approximate surface area is 180 Å². The van der Waals surface area contributed by atoms with Gasteiger partial charge in [-0.15, -0.1) is 0 Å². The molecule has 0 aromatic heterocycles. The fourth-order valence-electron chi connectivity index (χ4n) is 2.66. The van der Waals surface area contributed by atoms with E-state index in [1.165, 1.54) is 6.92 Å². The normalized spacial score (nSPS) is 10.1. The standard InChI is InChI=1S/C24H22N2O5/c1-17(27)18-10-12-21(13-11-18)30-15-24(29)26-20-8-5-9-22(14-20)31-16-23(28)25-19-6-3-2-4-7-19/h2-14H,15-16H2,1H3,(H,25,28)(H,26,29). The van der Waals surface area contributed by atoms with E-state index in [4.69, 9.17) is 9.47 Å². The SMILES string of the molecule is CC(=O)c1ccc(OCC(=O)Nc2cccc(OCC(=O)Nc3ccccc3)c2)cc1. The number of nitrogens with one attached hydrogen (secondary N) is 2. The van der Waals surface area contributed by atoms with Gasteiger partial charge < -0.3 is 20.1 Å². The topological polar surface area (TPSA) is 93.7 Å². The summed E-state index contributed by atoms with van der Waals surface area (Å²) in [5.41, 5.74) is 1.78. The summed E-state index contributed by atoms with van der Waals surface area (Å²) in [4.78, 5) is 35.4. The average Bonchev–Trinajstić information content (AvgIpc) is 2.77. The van der Waals surface area contributed by atoms with Gasteiger partial charge in [-0.2, -0.15) is 0 Å². The summed E-state index contributed by atoms with van der Waals surface area (Å²) in [7, 11) is 0. The first kappa shape index (κ1) is 21.6. The highest BCUT2D eigenvalue weighted by molar-refractivity contribution is 5.94. The molecule has 0 heterocycles. The molecule has 158 valence electrons. The number of rotatable bonds is 9. The Bertz CT molecular complexity index is 1050. The lowest BCUT2D eigenvalue weighted by Gasteiger charge is -2.10. The minimum Gasteiger partial charge on any atom is -0.484 e. The number of carbonyl (C=O) groups is 3. The Kier molecular flexibility index (Phi) is 7.37. The maximum absolute atomic E-state index is 12.1. The Morgan fingerprint density at radius 1 is 0.677 bits per heavy atom. The molecule has 3 aromatic rings. The number of Topliss-reactive ketones (excluding diaryl/α,β-unsaturated/α-hetero) is 1. The van der Waals surface area contributed by atoms with Gasteiger partial charge in [0.05, 0.1) is 0 Å². The van der Waals surface area contributed by atoms with Gasteiger partial charge in [-0.25, -0.2) is 0 Å². The monoisotopic (exact) mass is 418 g/mol. The largest absolute Gasteiger partial charge is 0.484 e. The van der Waals surface area contributed by atoms with Gasteiger partial charge in [0.25, 0.3) is 11.8 Å². The van der Waals surface area contributed by atoms with Crippen molar-refractivity contribution in [2.45, 2.75) is 6.92 Å². The lowest BCUT2D eigenvalue weighted by molar-refractivity contribution is -0.118. The summed E-state index contributed by atoms with van der Waals surface area (Å²) < 4.78 is 10.9. The molecule has 3 rings (SSSR count). The number of anilines is 2. The molecule has 0 aliphatic rings. The molecule has 0 bridgehead atoms. The number of hydrogen-bond donors (Lipinski definition) is 2. The fraction of sp³-hybridized carbons (Fsp3) is 0.125. The predicted octanol–water partition coefficient (Wildman–Crippen LogP) is 3.92. The molecule has 0 radical (unpaired) electrons. The van der Waals surface area contributed by atoms with E-state index < -0.39 is 0 Å². The molecule has 0 saturated heterocycles. The average molecular weight is 418 g/mol. The summed E-state index contributed by atoms with van der Waals surface area (Å²) in [5, 5.41) is 5.44. The third kappa shape index (κ3) is 7.01. The first-order valence-corrected chi connectivity index (χ1v) is 9.61. The van der Waals surface area contributed by atoms with Crippen molar-refractivity contribution in [3.05, 3.63) is 84.4 Å². The van der Waals surface area contributed by atoms with Crippen LogP contribution in [0.25, 0.3) is 0 Å². The summed E-state index contributed by atoms with van der Waals surface area (Å²) in [6, 6.07) is 22.4. The number of amides is 2. The van der Waals surface area contributed by atoms with E-state index in [0.29, 0.717) is 28.4 Å². The minimum absolute atomic E-state index is 0.0380. The number of para-hydroxylation sites is 1. The highest BCUT2D eigenvalue weighted by atomic mass is 16.5. The third-order valence-corrected chi connectivity index (χ3v) is 4.18. The Morgan fingerprint density at radius 3 is 1.90 bits per heavy atom. The van der Waals surface area contributed by atoms with E-state index in [2.05, 4.69) is 10.6 Å². The van der Waals surface area contributed by atoms with Crippen molar-refractivity contribution in [1.29, 1.82) is 0 Å². The molecular weight excluding hydrogens is 396 g/mol. The summed E-state index contributed by atoms with van der Waals surface area (Å²) in [5.74, 6) is 0.256. The van der Waals surface area contributed by atoms with Crippen LogP contribution in [-0.2, 0) is 9.59 Å². The van der Waals surface area contributed by atoms with Crippen LogP contribution < -0.4 is 20.1 Å². The van der Waals surface area contributed by atoms with Crippen LogP contribution in [0.15, 0.2) is 78.9 Å². The number of benzene rings is 3. The Hall–Kier alpha value is -4.13. The van der Waals surface area contributed by atoms with Gasteiger partial charge in [0.15, 0.2) is 19.0 Å². The molecule has 2 amide bonds. The summed E-state index contributed by atoms with van der Waals surface area (Å²) in [6.07, 6.45) is 0. The van der Waals surface area contributed by atoms with Crippen LogP contribution in [0, 0.1) is 0 Å². The van der Waals surface area contributed by atoms with Crippen LogP contribution in [0.3, 0.4) is 0 Å². The molecule has 0 unspecified atom stereocenters. The molecule has 0 saturated carbocycles. The van der Waals surface area contributed by atoms with E-state index in [-0.39, 0.29) is 30.8 Å². The van der Waals surface area contributed by atoms with Crippen LogP contribution in [0.5, 0.6) is 11.5 Å². The van der Waals surface area contributed by atoms with E-state index in [1.807, 2.05) is 18.2 Å². The van der Waals surface area contributed by atoms with Gasteiger partial charge in [-0.3, -0.25) is 14.4 Å². The van der Waals surface area contributed by atoms with Crippen LogP contribution in [0.2, 0.25) is 0 Å². The molecule has 0 fully saturated rings. The predicted molar refractivity (Wildman–Crippen MR) is 118 cm³/mol. The van der Waals surface area contributed by atoms with Gasteiger partial charge >= 0.3 is 0 Å². The molecule has 3 aromatic carbocycles. The molecule has 31 heavy (non-hydrogen) atoms. The van der Waals surface area contributed by atoms with Crippen LogP contribution in [-0.4, -0.2) is 30.8 Å². The van der Waals surface area contributed by atoms with E-state index >= 15 is 0 Å². The lowest BCUT2D eigenvalue weighted by atomic mass is 10.1. The van der Waals surface area contributed by atoms with Crippen LogP contribution in [0.1, 0.15) is 17.3 Å². The molecule has 0 spiro atoms. The molecule has 0 aliphatic heterocycles. The number of hydrogen-bond acceptors (Lipinski definition) is 5. The van der Waals surface area contributed by atoms with E-state index in [0.717, 1.165) is 0 Å². The van der Waals surface area contributed by atoms with Gasteiger partial charge in [-0.1, -0.05) is 24.3 Å². The molecule has 7 heteroatoms. The first-order chi connectivity index (χ1) is 15.0. The van der Waals surface area contributed by atoms with Crippen molar-refractivity contribution in [1.82, 2.24) is 0 Å². The summed E-state index contributed by atoms with van der Waals surface area (Å²) >= 11 is 0. The van der Waals surface area contributed by atoms with Crippen molar-refractivity contribution in [2.24, 2.45) is 0 Å². The van der Waals surface area contributed by atoms with Crippen molar-refractivity contribution in [3.63, 3.8) is 0 Å². The number of ketones is 1. The van der Waals surface area contributed by atoms with Gasteiger partial charge in [0.1, 0.15) is 11.5 Å². The number of ether oxygens (including phenoxy) is 2. The van der Waals surface area contributed by atoms with Crippen molar-refractivity contribution in [3.8, 4) is 11.5 Å². The molecule has 0 atom stereocenters. The van der Waals surface area contributed by atoms with Crippen molar-refractivity contribution >= 4 is 29.0 Å². The highest BCUT2D eigenvalue weighted by Crippen LogP contribution is 2.18. The smallest absolute Gasteiger partial charge is 0.262 e. The Balaban J connectivity index is 1.46.